The van der Waals surface area contributed by atoms with Crippen molar-refractivity contribution >= 4 is 17.6 Å². The van der Waals surface area contributed by atoms with E-state index in [1.807, 2.05) is 12.1 Å². The molecule has 0 aliphatic rings. The quantitative estimate of drug-likeness (QED) is 0.880. The minimum Gasteiger partial charge on any atom is -0.481 e. The summed E-state index contributed by atoms with van der Waals surface area (Å²) in [6, 6.07) is 7.41. The predicted molar refractivity (Wildman–Crippen MR) is 69.1 cm³/mol. The largest absolute Gasteiger partial charge is 0.481 e. The zero-order chi connectivity index (χ0) is 13.7. The molecule has 1 N–H and O–H groups in total. The summed E-state index contributed by atoms with van der Waals surface area (Å²) in [4.78, 5) is 10.4. The van der Waals surface area contributed by atoms with Gasteiger partial charge in [0, 0.05) is 17.9 Å². The van der Waals surface area contributed by atoms with Gasteiger partial charge >= 0.3 is 5.97 Å². The highest BCUT2D eigenvalue weighted by molar-refractivity contribution is 6.30. The van der Waals surface area contributed by atoms with Crippen LogP contribution in [0.1, 0.15) is 30.2 Å². The first-order valence-electron chi connectivity index (χ1n) is 5.91. The third kappa shape index (κ3) is 4.37. The Hall–Kier alpha value is -1.88. The average molecular weight is 281 g/mol. The Balaban J connectivity index is 1.90. The van der Waals surface area contributed by atoms with Crippen molar-refractivity contribution in [2.24, 2.45) is 0 Å². The van der Waals surface area contributed by atoms with Gasteiger partial charge in [-0.1, -0.05) is 23.7 Å². The fourth-order valence-electron chi connectivity index (χ4n) is 1.63. The number of aliphatic carboxylic acids is 1. The number of hydrogen-bond donors (Lipinski definition) is 1. The Morgan fingerprint density at radius 3 is 2.58 bits per heavy atom. The summed E-state index contributed by atoms with van der Waals surface area (Å²) in [5.74, 6) is 0.179. The normalized spacial score (nSPS) is 10.6. The molecule has 0 atom stereocenters. The number of halogens is 1. The maximum atomic E-state index is 10.4. The third-order valence-electron chi connectivity index (χ3n) is 2.56. The van der Waals surface area contributed by atoms with Crippen LogP contribution in [-0.2, 0) is 17.6 Å². The van der Waals surface area contributed by atoms with E-state index in [0.717, 1.165) is 5.56 Å². The third-order valence-corrected chi connectivity index (χ3v) is 2.81. The first kappa shape index (κ1) is 13.5. The lowest BCUT2D eigenvalue weighted by molar-refractivity contribution is -0.137. The molecular formula is C13H13ClN2O3. The Morgan fingerprint density at radius 1 is 1.21 bits per heavy atom. The molecule has 0 aliphatic carbocycles. The van der Waals surface area contributed by atoms with E-state index in [2.05, 4.69) is 10.2 Å². The van der Waals surface area contributed by atoms with Gasteiger partial charge in [-0.3, -0.25) is 4.79 Å². The first-order chi connectivity index (χ1) is 9.13. The van der Waals surface area contributed by atoms with Crippen molar-refractivity contribution in [3.63, 3.8) is 0 Å². The minimum absolute atomic E-state index is 0.106. The van der Waals surface area contributed by atoms with Crippen LogP contribution in [0.5, 0.6) is 0 Å². The van der Waals surface area contributed by atoms with Crippen molar-refractivity contribution in [2.75, 3.05) is 0 Å². The summed E-state index contributed by atoms with van der Waals surface area (Å²) in [7, 11) is 0. The molecule has 1 heterocycles. The Bertz CT molecular complexity index is 551. The van der Waals surface area contributed by atoms with Crippen molar-refractivity contribution in [1.82, 2.24) is 10.2 Å². The van der Waals surface area contributed by atoms with Crippen LogP contribution in [0.4, 0.5) is 0 Å². The molecule has 1 aromatic carbocycles. The van der Waals surface area contributed by atoms with Crippen molar-refractivity contribution in [3.8, 4) is 0 Å². The number of carboxylic acid groups (broad SMARTS) is 1. The van der Waals surface area contributed by atoms with Gasteiger partial charge in [0.1, 0.15) is 0 Å². The fourth-order valence-corrected chi connectivity index (χ4v) is 1.75. The van der Waals surface area contributed by atoms with E-state index >= 15 is 0 Å². The van der Waals surface area contributed by atoms with Crippen molar-refractivity contribution in [1.29, 1.82) is 0 Å². The maximum absolute atomic E-state index is 10.4. The summed E-state index contributed by atoms with van der Waals surface area (Å²) < 4.78 is 5.45. The van der Waals surface area contributed by atoms with Crippen LogP contribution in [0.3, 0.4) is 0 Å². The molecule has 2 rings (SSSR count). The Labute approximate surface area is 115 Å². The summed E-state index contributed by atoms with van der Waals surface area (Å²) in [5, 5.41) is 17.0. The first-order valence-corrected chi connectivity index (χ1v) is 6.29. The van der Waals surface area contributed by atoms with E-state index in [1.165, 1.54) is 0 Å². The summed E-state index contributed by atoms with van der Waals surface area (Å²) in [5.41, 5.74) is 1.03. The number of hydrogen-bond acceptors (Lipinski definition) is 4. The summed E-state index contributed by atoms with van der Waals surface area (Å²) in [6.45, 7) is 0. The molecule has 0 radical (unpaired) electrons. The molecule has 0 saturated carbocycles. The highest BCUT2D eigenvalue weighted by Crippen LogP contribution is 2.13. The van der Waals surface area contributed by atoms with E-state index in [4.69, 9.17) is 21.1 Å². The van der Waals surface area contributed by atoms with Crippen molar-refractivity contribution < 1.29 is 14.3 Å². The molecule has 0 amide bonds. The average Bonchev–Trinajstić information content (AvgIpc) is 2.79. The number of carboxylic acids is 1. The molecule has 0 fully saturated rings. The second-order valence-corrected chi connectivity index (χ2v) is 4.58. The second-order valence-electron chi connectivity index (χ2n) is 4.14. The second kappa shape index (κ2) is 6.33. The zero-order valence-electron chi connectivity index (χ0n) is 10.2. The molecule has 6 heteroatoms. The highest BCUT2D eigenvalue weighted by Gasteiger charge is 2.07. The van der Waals surface area contributed by atoms with Crippen molar-refractivity contribution in [2.45, 2.75) is 25.7 Å². The SMILES string of the molecule is O=C(O)CCCc1nnc(Cc2ccc(Cl)cc2)o1. The molecule has 19 heavy (non-hydrogen) atoms. The highest BCUT2D eigenvalue weighted by atomic mass is 35.5. The maximum Gasteiger partial charge on any atom is 0.303 e. The van der Waals surface area contributed by atoms with E-state index in [0.29, 0.717) is 36.1 Å². The van der Waals surface area contributed by atoms with Gasteiger partial charge in [0.15, 0.2) is 0 Å². The van der Waals surface area contributed by atoms with E-state index in [-0.39, 0.29) is 6.42 Å². The van der Waals surface area contributed by atoms with Gasteiger partial charge in [0.2, 0.25) is 11.8 Å². The fraction of sp³-hybridized carbons (Fsp3) is 0.308. The number of nitrogens with zero attached hydrogens (tertiary/aromatic N) is 2. The lowest BCUT2D eigenvalue weighted by Crippen LogP contribution is -1.95. The van der Waals surface area contributed by atoms with Gasteiger partial charge in [0.25, 0.3) is 0 Å². The van der Waals surface area contributed by atoms with E-state index in [9.17, 15) is 4.79 Å². The van der Waals surface area contributed by atoms with Crippen LogP contribution in [-0.4, -0.2) is 21.3 Å². The Kier molecular flexibility index (Phi) is 4.52. The van der Waals surface area contributed by atoms with Crippen molar-refractivity contribution in [3.05, 3.63) is 46.6 Å². The monoisotopic (exact) mass is 280 g/mol. The standard InChI is InChI=1S/C13H13ClN2O3/c14-10-6-4-9(5-7-10)8-12-16-15-11(19-12)2-1-3-13(17)18/h4-7H,1-3,8H2,(H,17,18). The number of aromatic nitrogens is 2. The van der Waals surface area contributed by atoms with Gasteiger partial charge in [-0.25, -0.2) is 0 Å². The van der Waals surface area contributed by atoms with Gasteiger partial charge in [0.05, 0.1) is 6.42 Å². The molecular weight excluding hydrogens is 268 g/mol. The summed E-state index contributed by atoms with van der Waals surface area (Å²) in [6.07, 6.45) is 1.63. The molecule has 1 aromatic heterocycles. The van der Waals surface area contributed by atoms with Crippen LogP contribution in [0, 0.1) is 0 Å². The smallest absolute Gasteiger partial charge is 0.303 e. The molecule has 0 bridgehead atoms. The summed E-state index contributed by atoms with van der Waals surface area (Å²) >= 11 is 5.80. The zero-order valence-corrected chi connectivity index (χ0v) is 10.9. The van der Waals surface area contributed by atoms with Crippen LogP contribution >= 0.6 is 11.6 Å². The molecule has 0 saturated heterocycles. The molecule has 2 aromatic rings. The molecule has 0 aliphatic heterocycles. The Morgan fingerprint density at radius 2 is 1.89 bits per heavy atom. The van der Waals surface area contributed by atoms with Crippen LogP contribution in [0.25, 0.3) is 0 Å². The number of carbonyl (C=O) groups is 1. The number of benzene rings is 1. The molecule has 5 nitrogen and oxygen atoms in total. The lowest BCUT2D eigenvalue weighted by atomic mass is 10.1. The minimum atomic E-state index is -0.819. The molecule has 0 spiro atoms. The van der Waals surface area contributed by atoms with Gasteiger partial charge in [-0.05, 0) is 24.1 Å². The lowest BCUT2D eigenvalue weighted by Gasteiger charge is -1.96. The topological polar surface area (TPSA) is 76.2 Å². The number of rotatable bonds is 6. The van der Waals surface area contributed by atoms with Gasteiger partial charge < -0.3 is 9.52 Å². The molecule has 0 unspecified atom stereocenters. The van der Waals surface area contributed by atoms with Crippen LogP contribution < -0.4 is 0 Å². The van der Waals surface area contributed by atoms with E-state index < -0.39 is 5.97 Å². The number of aryl methyl sites for hydroxylation is 1. The van der Waals surface area contributed by atoms with Crippen LogP contribution in [0.15, 0.2) is 28.7 Å². The van der Waals surface area contributed by atoms with E-state index in [1.54, 1.807) is 12.1 Å². The van der Waals surface area contributed by atoms with Crippen LogP contribution in [0.2, 0.25) is 5.02 Å². The molecule has 100 valence electrons. The van der Waals surface area contributed by atoms with Gasteiger partial charge in [-0.15, -0.1) is 10.2 Å². The predicted octanol–water partition coefficient (Wildman–Crippen LogP) is 2.72. The van der Waals surface area contributed by atoms with Gasteiger partial charge in [-0.2, -0.15) is 0 Å².